The van der Waals surface area contributed by atoms with E-state index in [9.17, 15) is 4.39 Å². The molecule has 0 heterocycles. The summed E-state index contributed by atoms with van der Waals surface area (Å²) in [5.74, 6) is 0.469. The van der Waals surface area contributed by atoms with Crippen LogP contribution >= 0.6 is 0 Å². The molecule has 0 saturated heterocycles. The highest BCUT2D eigenvalue weighted by Crippen LogP contribution is 2.21. The van der Waals surface area contributed by atoms with E-state index in [-0.39, 0.29) is 0 Å². The Hall–Kier alpha value is -0.530. The van der Waals surface area contributed by atoms with Crippen LogP contribution in [0, 0.1) is 5.92 Å². The van der Waals surface area contributed by atoms with Gasteiger partial charge in [0, 0.05) is 5.70 Å². The molecular formula is C7H12FN. The molecule has 0 spiro atoms. The first kappa shape index (κ1) is 6.59. The van der Waals surface area contributed by atoms with E-state index in [1.165, 1.54) is 0 Å². The molecular weight excluding hydrogens is 117 g/mol. The van der Waals surface area contributed by atoms with Crippen molar-refractivity contribution in [1.29, 1.82) is 0 Å². The zero-order valence-corrected chi connectivity index (χ0v) is 5.60. The third-order valence-electron chi connectivity index (χ3n) is 1.71. The smallest absolute Gasteiger partial charge is 0.139 e. The van der Waals surface area contributed by atoms with Crippen LogP contribution in [0.4, 0.5) is 4.39 Å². The summed E-state index contributed by atoms with van der Waals surface area (Å²) in [4.78, 5) is 0. The van der Waals surface area contributed by atoms with E-state index in [2.05, 4.69) is 6.92 Å². The number of halogens is 1. The van der Waals surface area contributed by atoms with Gasteiger partial charge < -0.3 is 5.73 Å². The molecule has 0 saturated carbocycles. The highest BCUT2D eigenvalue weighted by atomic mass is 19.1. The summed E-state index contributed by atoms with van der Waals surface area (Å²) < 4.78 is 12.6. The Labute approximate surface area is 54.7 Å². The molecule has 1 aliphatic rings. The molecule has 0 bridgehead atoms. The number of rotatable bonds is 0. The summed E-state index contributed by atoms with van der Waals surface area (Å²) in [5, 5.41) is 0. The number of hydrogen-bond acceptors (Lipinski definition) is 1. The fourth-order valence-electron chi connectivity index (χ4n) is 1.09. The molecule has 52 valence electrons. The van der Waals surface area contributed by atoms with Gasteiger partial charge in [0.1, 0.15) is 6.17 Å². The normalized spacial score (nSPS) is 36.0. The van der Waals surface area contributed by atoms with E-state index < -0.39 is 6.17 Å². The summed E-state index contributed by atoms with van der Waals surface area (Å²) in [6.45, 7) is 2.05. The van der Waals surface area contributed by atoms with Crippen molar-refractivity contribution in [2.24, 2.45) is 11.7 Å². The molecule has 0 aromatic heterocycles. The Morgan fingerprint density at radius 2 is 2.33 bits per heavy atom. The Morgan fingerprint density at radius 1 is 1.67 bits per heavy atom. The van der Waals surface area contributed by atoms with Gasteiger partial charge in [0.25, 0.3) is 0 Å². The van der Waals surface area contributed by atoms with Gasteiger partial charge in [-0.1, -0.05) is 13.0 Å². The van der Waals surface area contributed by atoms with Crippen LogP contribution in [0.1, 0.15) is 19.8 Å². The maximum atomic E-state index is 12.6. The molecule has 1 nitrogen and oxygen atoms in total. The van der Waals surface area contributed by atoms with Crippen LogP contribution in [0.2, 0.25) is 0 Å². The lowest BCUT2D eigenvalue weighted by atomic mass is 9.95. The van der Waals surface area contributed by atoms with Crippen molar-refractivity contribution in [3.63, 3.8) is 0 Å². The predicted molar refractivity (Wildman–Crippen MR) is 35.6 cm³/mol. The first-order valence-electron chi connectivity index (χ1n) is 3.31. The van der Waals surface area contributed by atoms with Crippen LogP contribution in [0.3, 0.4) is 0 Å². The second-order valence-electron chi connectivity index (χ2n) is 2.69. The molecule has 1 rings (SSSR count). The summed E-state index contributed by atoms with van der Waals surface area (Å²) in [7, 11) is 0. The highest BCUT2D eigenvalue weighted by Gasteiger charge is 2.16. The molecule has 2 atom stereocenters. The summed E-state index contributed by atoms with van der Waals surface area (Å²) in [6.07, 6.45) is 2.47. The van der Waals surface area contributed by atoms with Gasteiger partial charge in [0.15, 0.2) is 0 Å². The molecule has 9 heavy (non-hydrogen) atoms. The van der Waals surface area contributed by atoms with E-state index in [1.54, 1.807) is 0 Å². The maximum absolute atomic E-state index is 12.6. The summed E-state index contributed by atoms with van der Waals surface area (Å²) >= 11 is 0. The Balaban J connectivity index is 2.61. The molecule has 0 fully saturated rings. The largest absolute Gasteiger partial charge is 0.400 e. The first-order valence-corrected chi connectivity index (χ1v) is 3.31. The topological polar surface area (TPSA) is 26.0 Å². The molecule has 2 heteroatoms. The van der Waals surface area contributed by atoms with Crippen LogP contribution in [-0.4, -0.2) is 6.17 Å². The standard InChI is InChI=1S/C7H12FN/c1-5-2-3-6(8)7(9)4-5/h4-6H,2-3,9H2,1H3/t5-,6+/m1/s1. The minimum atomic E-state index is -0.874. The van der Waals surface area contributed by atoms with Crippen molar-refractivity contribution in [3.05, 3.63) is 11.8 Å². The van der Waals surface area contributed by atoms with Gasteiger partial charge in [-0.2, -0.15) is 0 Å². The summed E-state index contributed by atoms with van der Waals surface area (Å²) in [5.41, 5.74) is 5.78. The van der Waals surface area contributed by atoms with Crippen molar-refractivity contribution in [2.75, 3.05) is 0 Å². The number of alkyl halides is 1. The van der Waals surface area contributed by atoms with Gasteiger partial charge >= 0.3 is 0 Å². The van der Waals surface area contributed by atoms with E-state index >= 15 is 0 Å². The van der Waals surface area contributed by atoms with E-state index in [0.717, 1.165) is 6.42 Å². The Bertz CT molecular complexity index is 131. The van der Waals surface area contributed by atoms with Crippen LogP contribution in [-0.2, 0) is 0 Å². The van der Waals surface area contributed by atoms with Crippen LogP contribution in [0.25, 0.3) is 0 Å². The van der Waals surface area contributed by atoms with Gasteiger partial charge in [-0.05, 0) is 18.8 Å². The monoisotopic (exact) mass is 129 g/mol. The van der Waals surface area contributed by atoms with Crippen LogP contribution < -0.4 is 5.73 Å². The first-order chi connectivity index (χ1) is 4.20. The quantitative estimate of drug-likeness (QED) is 0.528. The lowest BCUT2D eigenvalue weighted by Crippen LogP contribution is -2.19. The third-order valence-corrected chi connectivity index (χ3v) is 1.71. The Kier molecular flexibility index (Phi) is 1.74. The molecule has 0 amide bonds. The van der Waals surface area contributed by atoms with Crippen molar-refractivity contribution >= 4 is 0 Å². The molecule has 1 aliphatic carbocycles. The average molecular weight is 129 g/mol. The van der Waals surface area contributed by atoms with E-state index in [4.69, 9.17) is 5.73 Å². The molecule has 0 unspecified atom stereocenters. The highest BCUT2D eigenvalue weighted by molar-refractivity contribution is 5.08. The van der Waals surface area contributed by atoms with Gasteiger partial charge in [-0.3, -0.25) is 0 Å². The lowest BCUT2D eigenvalue weighted by Gasteiger charge is -2.17. The predicted octanol–water partition coefficient (Wildman–Crippen LogP) is 1.60. The zero-order valence-electron chi connectivity index (χ0n) is 5.60. The number of nitrogens with two attached hydrogens (primary N) is 1. The molecule has 0 aromatic carbocycles. The fraction of sp³-hybridized carbons (Fsp3) is 0.714. The van der Waals surface area contributed by atoms with Gasteiger partial charge in [-0.25, -0.2) is 4.39 Å². The van der Waals surface area contributed by atoms with Crippen LogP contribution in [0.5, 0.6) is 0 Å². The number of allylic oxidation sites excluding steroid dienone is 2. The van der Waals surface area contributed by atoms with E-state index in [1.807, 2.05) is 6.08 Å². The maximum Gasteiger partial charge on any atom is 0.139 e. The van der Waals surface area contributed by atoms with Gasteiger partial charge in [-0.15, -0.1) is 0 Å². The molecule has 2 N–H and O–H groups in total. The van der Waals surface area contributed by atoms with Crippen molar-refractivity contribution < 1.29 is 4.39 Å². The average Bonchev–Trinajstić information content (AvgIpc) is 1.80. The fourth-order valence-corrected chi connectivity index (χ4v) is 1.09. The molecule has 0 aliphatic heterocycles. The minimum Gasteiger partial charge on any atom is -0.400 e. The number of hydrogen-bond donors (Lipinski definition) is 1. The van der Waals surface area contributed by atoms with Gasteiger partial charge in [0.05, 0.1) is 0 Å². The lowest BCUT2D eigenvalue weighted by molar-refractivity contribution is 0.320. The Morgan fingerprint density at radius 3 is 2.78 bits per heavy atom. The van der Waals surface area contributed by atoms with Gasteiger partial charge in [0.2, 0.25) is 0 Å². The van der Waals surface area contributed by atoms with Crippen molar-refractivity contribution in [2.45, 2.75) is 25.9 Å². The SMILES string of the molecule is C[C@H]1C=C(N)[C@@H](F)CC1. The third kappa shape index (κ3) is 1.44. The summed E-state index contributed by atoms with van der Waals surface area (Å²) in [6, 6.07) is 0. The van der Waals surface area contributed by atoms with Crippen LogP contribution in [0.15, 0.2) is 11.8 Å². The molecule has 0 radical (unpaired) electrons. The minimum absolute atomic E-state index is 0.425. The second kappa shape index (κ2) is 2.38. The van der Waals surface area contributed by atoms with Crippen molar-refractivity contribution in [3.8, 4) is 0 Å². The second-order valence-corrected chi connectivity index (χ2v) is 2.69. The van der Waals surface area contributed by atoms with Crippen molar-refractivity contribution in [1.82, 2.24) is 0 Å². The molecule has 0 aromatic rings. The zero-order chi connectivity index (χ0) is 6.85. The van der Waals surface area contributed by atoms with E-state index in [0.29, 0.717) is 18.0 Å².